The van der Waals surface area contributed by atoms with Gasteiger partial charge in [-0.05, 0) is 39.5 Å². The Morgan fingerprint density at radius 3 is 3.05 bits per heavy atom. The molecule has 0 aliphatic carbocycles. The fourth-order valence-electron chi connectivity index (χ4n) is 2.54. The quantitative estimate of drug-likeness (QED) is 0.906. The molecule has 0 saturated carbocycles. The predicted molar refractivity (Wildman–Crippen MR) is 74.5 cm³/mol. The highest BCUT2D eigenvalue weighted by Crippen LogP contribution is 2.42. The smallest absolute Gasteiger partial charge is 0.414 e. The number of fused-ring (bicyclic) bond motifs is 1. The van der Waals surface area contributed by atoms with Crippen LogP contribution in [0, 0.1) is 0 Å². The van der Waals surface area contributed by atoms with Crippen LogP contribution in [-0.4, -0.2) is 26.4 Å². The third kappa shape index (κ3) is 2.08. The van der Waals surface area contributed by atoms with Gasteiger partial charge in [-0.3, -0.25) is 4.90 Å². The van der Waals surface area contributed by atoms with E-state index >= 15 is 0 Å². The monoisotopic (exact) mass is 326 g/mol. The van der Waals surface area contributed by atoms with Crippen LogP contribution >= 0.6 is 15.9 Å². The third-order valence-electron chi connectivity index (χ3n) is 3.48. The van der Waals surface area contributed by atoms with Gasteiger partial charge in [0.1, 0.15) is 0 Å². The lowest BCUT2D eigenvalue weighted by atomic mass is 10.1. The van der Waals surface area contributed by atoms with E-state index < -0.39 is 0 Å². The lowest BCUT2D eigenvalue weighted by molar-refractivity contribution is 0.140. The molecule has 1 aromatic carbocycles. The number of nitrogens with zero attached hydrogens (tertiary/aromatic N) is 1. The molecular weight excluding hydrogens is 312 g/mol. The van der Waals surface area contributed by atoms with E-state index in [2.05, 4.69) is 21.2 Å². The van der Waals surface area contributed by atoms with Crippen LogP contribution < -0.4 is 15.0 Å². The normalized spacial score (nSPS) is 18.2. The van der Waals surface area contributed by atoms with Gasteiger partial charge in [0.05, 0.1) is 23.9 Å². The van der Waals surface area contributed by atoms with E-state index in [1.807, 2.05) is 6.07 Å². The molecule has 1 amide bonds. The van der Waals surface area contributed by atoms with Gasteiger partial charge in [-0.15, -0.1) is 0 Å². The molecule has 1 aromatic rings. The highest BCUT2D eigenvalue weighted by Gasteiger charge is 2.28. The van der Waals surface area contributed by atoms with E-state index in [4.69, 9.17) is 9.47 Å². The average molecular weight is 327 g/mol. The van der Waals surface area contributed by atoms with Crippen molar-refractivity contribution in [2.24, 2.45) is 0 Å². The molecule has 0 unspecified atom stereocenters. The van der Waals surface area contributed by atoms with Gasteiger partial charge in [-0.2, -0.15) is 0 Å². The molecule has 0 radical (unpaired) electrons. The van der Waals surface area contributed by atoms with Crippen LogP contribution in [-0.2, 0) is 17.8 Å². The lowest BCUT2D eigenvalue weighted by Gasteiger charge is -2.28. The fourth-order valence-corrected chi connectivity index (χ4v) is 3.30. The first-order valence-corrected chi connectivity index (χ1v) is 7.05. The van der Waals surface area contributed by atoms with Crippen molar-refractivity contribution >= 4 is 27.7 Å². The van der Waals surface area contributed by atoms with E-state index in [1.54, 1.807) is 12.0 Å². The Labute approximate surface area is 120 Å². The Kier molecular flexibility index (Phi) is 3.36. The summed E-state index contributed by atoms with van der Waals surface area (Å²) in [6.07, 6.45) is 0.532. The Hall–Kier alpha value is -1.27. The highest BCUT2D eigenvalue weighted by atomic mass is 79.9. The number of carbonyl (C=O) groups excluding carboxylic acids is 1. The van der Waals surface area contributed by atoms with E-state index in [9.17, 15) is 4.79 Å². The van der Waals surface area contributed by atoms with E-state index in [1.165, 1.54) is 11.1 Å². The van der Waals surface area contributed by atoms with Crippen molar-refractivity contribution in [2.75, 3.05) is 25.2 Å². The topological polar surface area (TPSA) is 50.8 Å². The number of carbonyl (C=O) groups is 1. The van der Waals surface area contributed by atoms with Gasteiger partial charge < -0.3 is 14.8 Å². The maximum atomic E-state index is 11.9. The zero-order valence-corrected chi connectivity index (χ0v) is 12.2. The number of anilines is 1. The van der Waals surface area contributed by atoms with Gasteiger partial charge in [0.25, 0.3) is 0 Å². The van der Waals surface area contributed by atoms with Crippen molar-refractivity contribution in [3.05, 3.63) is 21.7 Å². The van der Waals surface area contributed by atoms with Gasteiger partial charge in [-0.1, -0.05) is 0 Å². The summed E-state index contributed by atoms with van der Waals surface area (Å²) >= 11 is 3.59. The molecule has 0 aromatic heterocycles. The van der Waals surface area contributed by atoms with Crippen LogP contribution in [0.3, 0.4) is 0 Å². The summed E-state index contributed by atoms with van der Waals surface area (Å²) < 4.78 is 11.5. The molecule has 6 heteroatoms. The SMILES string of the molecule is COc1c(N2CCCOC2=O)cc2c(c1Br)CNC2. The van der Waals surface area contributed by atoms with Crippen LogP contribution in [0.4, 0.5) is 10.5 Å². The second-order valence-corrected chi connectivity index (χ2v) is 5.40. The van der Waals surface area contributed by atoms with Gasteiger partial charge in [0.2, 0.25) is 0 Å². The van der Waals surface area contributed by atoms with Crippen LogP contribution in [0.1, 0.15) is 17.5 Å². The molecule has 0 atom stereocenters. The number of hydrogen-bond acceptors (Lipinski definition) is 4. The molecule has 1 fully saturated rings. The zero-order chi connectivity index (χ0) is 13.4. The highest BCUT2D eigenvalue weighted by molar-refractivity contribution is 9.10. The lowest BCUT2D eigenvalue weighted by Crippen LogP contribution is -2.38. The standard InChI is InChI=1S/C13H15BrN2O3/c1-18-12-10(16-3-2-4-19-13(16)17)5-8-6-15-7-9(8)11(12)14/h5,15H,2-4,6-7H2,1H3. The van der Waals surface area contributed by atoms with E-state index in [-0.39, 0.29) is 6.09 Å². The second-order valence-electron chi connectivity index (χ2n) is 4.60. The first-order chi connectivity index (χ1) is 9.22. The van der Waals surface area contributed by atoms with Crippen molar-refractivity contribution in [2.45, 2.75) is 19.5 Å². The Bertz CT molecular complexity index is 533. The average Bonchev–Trinajstić information content (AvgIpc) is 2.88. The first kappa shape index (κ1) is 12.7. The van der Waals surface area contributed by atoms with Gasteiger partial charge in [-0.25, -0.2) is 4.79 Å². The van der Waals surface area contributed by atoms with Crippen molar-refractivity contribution in [1.82, 2.24) is 5.32 Å². The maximum absolute atomic E-state index is 11.9. The summed E-state index contributed by atoms with van der Waals surface area (Å²) in [7, 11) is 1.62. The van der Waals surface area contributed by atoms with E-state index in [0.29, 0.717) is 18.9 Å². The molecule has 19 heavy (non-hydrogen) atoms. The summed E-state index contributed by atoms with van der Waals surface area (Å²) in [5.74, 6) is 0.696. The number of cyclic esters (lactones) is 1. The Balaban J connectivity index is 2.09. The number of hydrogen-bond donors (Lipinski definition) is 1. The third-order valence-corrected chi connectivity index (χ3v) is 4.32. The number of benzene rings is 1. The van der Waals surface area contributed by atoms with Gasteiger partial charge in [0, 0.05) is 19.6 Å². The summed E-state index contributed by atoms with van der Waals surface area (Å²) in [6, 6.07) is 2.02. The Morgan fingerprint density at radius 1 is 1.47 bits per heavy atom. The van der Waals surface area contributed by atoms with Crippen LogP contribution in [0.15, 0.2) is 10.5 Å². The number of ether oxygens (including phenoxy) is 2. The predicted octanol–water partition coefficient (Wildman–Crippen LogP) is 2.41. The molecule has 0 bridgehead atoms. The number of rotatable bonds is 2. The van der Waals surface area contributed by atoms with E-state index in [0.717, 1.165) is 29.7 Å². The minimum atomic E-state index is -0.303. The van der Waals surface area contributed by atoms with Crippen molar-refractivity contribution in [3.63, 3.8) is 0 Å². The number of amides is 1. The van der Waals surface area contributed by atoms with Gasteiger partial charge >= 0.3 is 6.09 Å². The zero-order valence-electron chi connectivity index (χ0n) is 10.7. The molecule has 2 heterocycles. The maximum Gasteiger partial charge on any atom is 0.414 e. The van der Waals surface area contributed by atoms with Crippen LogP contribution in [0.25, 0.3) is 0 Å². The number of nitrogens with one attached hydrogen (secondary N) is 1. The fraction of sp³-hybridized carbons (Fsp3) is 0.462. The first-order valence-electron chi connectivity index (χ1n) is 6.25. The summed E-state index contributed by atoms with van der Waals surface area (Å²) in [4.78, 5) is 13.5. The summed E-state index contributed by atoms with van der Waals surface area (Å²) in [5, 5.41) is 3.30. The number of halogens is 1. The minimum Gasteiger partial charge on any atom is -0.493 e. The molecular formula is C13H15BrN2O3. The molecule has 102 valence electrons. The van der Waals surface area contributed by atoms with Crippen molar-refractivity contribution in [1.29, 1.82) is 0 Å². The van der Waals surface area contributed by atoms with Crippen molar-refractivity contribution in [3.8, 4) is 5.75 Å². The largest absolute Gasteiger partial charge is 0.493 e. The summed E-state index contributed by atoms with van der Waals surface area (Å²) in [5.41, 5.74) is 3.17. The second kappa shape index (κ2) is 5.02. The minimum absolute atomic E-state index is 0.303. The van der Waals surface area contributed by atoms with Gasteiger partial charge in [0.15, 0.2) is 5.75 Å². The number of methoxy groups -OCH3 is 1. The molecule has 2 aliphatic rings. The summed E-state index contributed by atoms with van der Waals surface area (Å²) in [6.45, 7) is 2.78. The molecule has 0 spiro atoms. The molecule has 1 N–H and O–H groups in total. The van der Waals surface area contributed by atoms with Crippen LogP contribution in [0.2, 0.25) is 0 Å². The van der Waals surface area contributed by atoms with Crippen molar-refractivity contribution < 1.29 is 14.3 Å². The molecule has 1 saturated heterocycles. The molecule has 3 rings (SSSR count). The molecule has 2 aliphatic heterocycles. The van der Waals surface area contributed by atoms with Crippen LogP contribution in [0.5, 0.6) is 5.75 Å². The Morgan fingerprint density at radius 2 is 2.32 bits per heavy atom. The molecule has 5 nitrogen and oxygen atoms in total.